The first-order chi connectivity index (χ1) is 20.7. The van der Waals surface area contributed by atoms with Crippen molar-refractivity contribution in [3.05, 3.63) is 65.2 Å². The molecule has 2 aliphatic heterocycles. The number of amides is 5. The Morgan fingerprint density at radius 1 is 1.00 bits per heavy atom. The number of hydrogen-bond donors (Lipinski definition) is 4. The molecule has 4 rings (SSSR count). The van der Waals surface area contributed by atoms with Crippen molar-refractivity contribution < 1.29 is 28.7 Å². The number of carbonyl (C=O) groups is 5. The molecule has 0 bridgehead atoms. The lowest BCUT2D eigenvalue weighted by molar-refractivity contribution is -0.131. The van der Waals surface area contributed by atoms with Crippen molar-refractivity contribution in [2.24, 2.45) is 5.92 Å². The minimum atomic E-state index is -1.20. The Hall–Kier alpha value is -4.41. The van der Waals surface area contributed by atoms with Gasteiger partial charge in [0.1, 0.15) is 17.8 Å². The molecule has 0 aliphatic carbocycles. The summed E-state index contributed by atoms with van der Waals surface area (Å²) in [5.41, 5.74) is 2.06. The maximum atomic E-state index is 13.4. The number of nitrogens with zero attached hydrogens (tertiary/aromatic N) is 1. The molecule has 2 aliphatic rings. The van der Waals surface area contributed by atoms with Crippen LogP contribution < -0.4 is 26.0 Å². The predicted molar refractivity (Wildman–Crippen MR) is 160 cm³/mol. The van der Waals surface area contributed by atoms with Crippen LogP contribution in [-0.2, 0) is 32.3 Å². The molecule has 230 valence electrons. The normalized spacial score (nSPS) is 20.2. The van der Waals surface area contributed by atoms with Crippen molar-refractivity contribution in [2.45, 2.75) is 71.1 Å². The highest BCUT2D eigenvalue weighted by Gasteiger charge is 2.29. The summed E-state index contributed by atoms with van der Waals surface area (Å²) in [6.07, 6.45) is 2.04. The van der Waals surface area contributed by atoms with Crippen LogP contribution in [0.4, 0.5) is 0 Å². The third-order valence-electron chi connectivity index (χ3n) is 7.41. The molecule has 1 saturated heterocycles. The first-order valence-electron chi connectivity index (χ1n) is 14.9. The molecule has 5 amide bonds. The molecule has 1 fully saturated rings. The number of carbonyl (C=O) groups excluding carboxylic acids is 5. The number of para-hydroxylation sites is 1. The monoisotopic (exact) mass is 591 g/mol. The van der Waals surface area contributed by atoms with Gasteiger partial charge in [0.05, 0.1) is 18.6 Å². The lowest BCUT2D eigenvalue weighted by Gasteiger charge is -2.22. The Kier molecular flexibility index (Phi) is 11.1. The second kappa shape index (κ2) is 15.2. The smallest absolute Gasteiger partial charge is 0.255 e. The Balaban J connectivity index is 1.47. The summed E-state index contributed by atoms with van der Waals surface area (Å²) < 4.78 is 5.82. The average molecular weight is 592 g/mol. The zero-order valence-electron chi connectivity index (χ0n) is 24.8. The molecule has 0 aromatic heterocycles. The molecular formula is C32H41N5O6. The highest BCUT2D eigenvalue weighted by atomic mass is 16.5. The fraction of sp³-hybridized carbons (Fsp3) is 0.469. The van der Waals surface area contributed by atoms with E-state index in [0.29, 0.717) is 38.1 Å². The van der Waals surface area contributed by atoms with Crippen LogP contribution in [0.1, 0.15) is 67.4 Å². The quantitative estimate of drug-likeness (QED) is 0.388. The summed E-state index contributed by atoms with van der Waals surface area (Å²) in [7, 11) is 0. The highest BCUT2D eigenvalue weighted by molar-refractivity contribution is 6.01. The van der Waals surface area contributed by atoms with Gasteiger partial charge in [-0.3, -0.25) is 24.0 Å². The summed E-state index contributed by atoms with van der Waals surface area (Å²) in [5.74, 6) is -1.28. The van der Waals surface area contributed by atoms with Gasteiger partial charge in [-0.15, -0.1) is 0 Å². The molecule has 4 N–H and O–H groups in total. The molecule has 2 aromatic carbocycles. The van der Waals surface area contributed by atoms with E-state index in [1.807, 2.05) is 43.0 Å². The second-order valence-electron chi connectivity index (χ2n) is 11.4. The largest absolute Gasteiger partial charge is 0.493 e. The average Bonchev–Trinajstić information content (AvgIpc) is 3.38. The van der Waals surface area contributed by atoms with E-state index in [-0.39, 0.29) is 42.9 Å². The summed E-state index contributed by atoms with van der Waals surface area (Å²) in [5, 5.41) is 11.1. The molecule has 0 unspecified atom stereocenters. The topological polar surface area (TPSA) is 146 Å². The van der Waals surface area contributed by atoms with E-state index in [0.717, 1.165) is 24.1 Å². The van der Waals surface area contributed by atoms with Crippen LogP contribution in [0.25, 0.3) is 0 Å². The van der Waals surface area contributed by atoms with E-state index in [1.165, 1.54) is 0 Å². The lowest BCUT2D eigenvalue weighted by atomic mass is 10.0. The number of rotatable bonds is 7. The Bertz CT molecular complexity index is 1310. The number of fused-ring (bicyclic) bond motifs is 1. The molecule has 2 heterocycles. The van der Waals surface area contributed by atoms with Gasteiger partial charge in [0.15, 0.2) is 0 Å². The Labute approximate surface area is 252 Å². The minimum Gasteiger partial charge on any atom is -0.493 e. The molecule has 0 spiro atoms. The van der Waals surface area contributed by atoms with Gasteiger partial charge < -0.3 is 30.9 Å². The maximum Gasteiger partial charge on any atom is 0.255 e. The van der Waals surface area contributed by atoms with Gasteiger partial charge in [0, 0.05) is 32.6 Å². The minimum absolute atomic E-state index is 0.136. The van der Waals surface area contributed by atoms with E-state index in [9.17, 15) is 24.0 Å². The zero-order chi connectivity index (χ0) is 30.8. The van der Waals surface area contributed by atoms with Crippen molar-refractivity contribution in [1.82, 2.24) is 26.2 Å². The van der Waals surface area contributed by atoms with Crippen LogP contribution in [0.15, 0.2) is 48.5 Å². The second-order valence-corrected chi connectivity index (χ2v) is 11.4. The summed E-state index contributed by atoms with van der Waals surface area (Å²) in [4.78, 5) is 66.4. The summed E-state index contributed by atoms with van der Waals surface area (Å²) in [6, 6.07) is 12.3. The van der Waals surface area contributed by atoms with Crippen LogP contribution in [0.3, 0.4) is 0 Å². The fourth-order valence-corrected chi connectivity index (χ4v) is 5.12. The van der Waals surface area contributed by atoms with Gasteiger partial charge in [-0.1, -0.05) is 50.2 Å². The maximum absolute atomic E-state index is 13.4. The zero-order valence-corrected chi connectivity index (χ0v) is 24.8. The van der Waals surface area contributed by atoms with Crippen LogP contribution in [-0.4, -0.2) is 66.2 Å². The van der Waals surface area contributed by atoms with E-state index >= 15 is 0 Å². The first-order valence-corrected chi connectivity index (χ1v) is 14.9. The molecule has 0 radical (unpaired) electrons. The van der Waals surface area contributed by atoms with Crippen LogP contribution in [0, 0.1) is 5.92 Å². The lowest BCUT2D eigenvalue weighted by Crippen LogP contribution is -2.52. The standard InChI is InChI=1S/C32H41N5O6/c1-21(2)17-25-31(41)33-14-6-16-43-27-8-4-3-7-24(27)30(40)36-26(18-28(38)35-25)32(42)34-19-22-10-12-23(13-11-22)20-37-15-5-9-29(37)39/h3-4,7-8,10-13,21,25-26H,5-6,9,14-20H2,1-2H3,(H,33,41)(H,34,42)(H,35,38)(H,36,40)/t25-,26-/m0/s1. The van der Waals surface area contributed by atoms with E-state index in [1.54, 1.807) is 24.3 Å². The molecule has 43 heavy (non-hydrogen) atoms. The third-order valence-corrected chi connectivity index (χ3v) is 7.41. The van der Waals surface area contributed by atoms with Crippen LogP contribution >= 0.6 is 0 Å². The van der Waals surface area contributed by atoms with E-state index in [4.69, 9.17) is 4.74 Å². The van der Waals surface area contributed by atoms with Gasteiger partial charge >= 0.3 is 0 Å². The van der Waals surface area contributed by atoms with Crippen molar-refractivity contribution in [2.75, 3.05) is 19.7 Å². The molecule has 2 aromatic rings. The van der Waals surface area contributed by atoms with Gasteiger partial charge in [-0.2, -0.15) is 0 Å². The van der Waals surface area contributed by atoms with Gasteiger partial charge in [-0.05, 0) is 48.4 Å². The van der Waals surface area contributed by atoms with Gasteiger partial charge in [0.25, 0.3) is 5.91 Å². The Morgan fingerprint density at radius 3 is 2.47 bits per heavy atom. The molecule has 0 saturated carbocycles. The number of nitrogens with one attached hydrogen (secondary N) is 4. The van der Waals surface area contributed by atoms with Crippen LogP contribution in [0.5, 0.6) is 5.75 Å². The van der Waals surface area contributed by atoms with Gasteiger partial charge in [-0.25, -0.2) is 0 Å². The van der Waals surface area contributed by atoms with Crippen molar-refractivity contribution in [3.8, 4) is 5.75 Å². The van der Waals surface area contributed by atoms with Crippen molar-refractivity contribution >= 4 is 29.5 Å². The number of likely N-dealkylation sites (tertiary alicyclic amines) is 1. The number of ether oxygens (including phenoxy) is 1. The van der Waals surface area contributed by atoms with Gasteiger partial charge in [0.2, 0.25) is 23.6 Å². The summed E-state index contributed by atoms with van der Waals surface area (Å²) >= 11 is 0. The summed E-state index contributed by atoms with van der Waals surface area (Å²) in [6.45, 7) is 6.01. The van der Waals surface area contributed by atoms with E-state index < -0.39 is 29.8 Å². The SMILES string of the molecule is CC(C)C[C@@H]1NC(=O)C[C@@H](C(=O)NCc2ccc(CN3CCCC3=O)cc2)NC(=O)c2ccccc2OCCCNC1=O. The Morgan fingerprint density at radius 2 is 1.74 bits per heavy atom. The van der Waals surface area contributed by atoms with Crippen molar-refractivity contribution in [3.63, 3.8) is 0 Å². The highest BCUT2D eigenvalue weighted by Crippen LogP contribution is 2.19. The molecule has 11 heteroatoms. The third kappa shape index (κ3) is 9.29. The molecule has 2 atom stereocenters. The number of benzene rings is 2. The first kappa shape index (κ1) is 31.5. The van der Waals surface area contributed by atoms with Crippen molar-refractivity contribution in [1.29, 1.82) is 0 Å². The molecule has 11 nitrogen and oxygen atoms in total. The number of hydrogen-bond acceptors (Lipinski definition) is 6. The van der Waals surface area contributed by atoms with E-state index in [2.05, 4.69) is 21.3 Å². The predicted octanol–water partition coefficient (Wildman–Crippen LogP) is 2.04. The fourth-order valence-electron chi connectivity index (χ4n) is 5.12. The molecular weight excluding hydrogens is 550 g/mol. The van der Waals surface area contributed by atoms with Crippen LogP contribution in [0.2, 0.25) is 0 Å².